The van der Waals surface area contributed by atoms with E-state index in [2.05, 4.69) is 5.32 Å². The summed E-state index contributed by atoms with van der Waals surface area (Å²) in [6.45, 7) is 2.12. The Balaban J connectivity index is 1.92. The van der Waals surface area contributed by atoms with E-state index in [0.717, 1.165) is 34.8 Å². The molecule has 0 spiro atoms. The van der Waals surface area contributed by atoms with Gasteiger partial charge >= 0.3 is 0 Å². The Morgan fingerprint density at radius 1 is 1.40 bits per heavy atom. The lowest BCUT2D eigenvalue weighted by molar-refractivity contribution is -0.120. The van der Waals surface area contributed by atoms with Crippen molar-refractivity contribution in [3.8, 4) is 0 Å². The molecule has 2 nitrogen and oxygen atoms in total. The highest BCUT2D eigenvalue weighted by atomic mass is 32.2. The molecule has 0 aliphatic rings. The molecular formula is C14H13F2NOS2. The molecule has 0 radical (unpaired) electrons. The highest BCUT2D eigenvalue weighted by Crippen LogP contribution is 2.26. The quantitative estimate of drug-likeness (QED) is 0.850. The van der Waals surface area contributed by atoms with Crippen molar-refractivity contribution in [3.05, 3.63) is 52.2 Å². The molecule has 0 saturated heterocycles. The van der Waals surface area contributed by atoms with E-state index in [1.807, 2.05) is 17.5 Å². The van der Waals surface area contributed by atoms with E-state index in [0.29, 0.717) is 6.54 Å². The fourth-order valence-corrected chi connectivity index (χ4v) is 3.12. The zero-order chi connectivity index (χ0) is 14.5. The molecule has 20 heavy (non-hydrogen) atoms. The van der Waals surface area contributed by atoms with E-state index in [4.69, 9.17) is 0 Å². The maximum absolute atomic E-state index is 13.5. The average molecular weight is 313 g/mol. The van der Waals surface area contributed by atoms with Gasteiger partial charge in [0.1, 0.15) is 11.6 Å². The molecule has 0 unspecified atom stereocenters. The van der Waals surface area contributed by atoms with E-state index < -0.39 is 16.9 Å². The summed E-state index contributed by atoms with van der Waals surface area (Å²) in [5, 5.41) is 4.21. The number of amides is 1. The summed E-state index contributed by atoms with van der Waals surface area (Å²) >= 11 is 2.56. The van der Waals surface area contributed by atoms with Crippen LogP contribution in [0.1, 0.15) is 11.8 Å². The zero-order valence-electron chi connectivity index (χ0n) is 10.7. The second kappa shape index (κ2) is 6.85. The van der Waals surface area contributed by atoms with Crippen LogP contribution in [0, 0.1) is 11.6 Å². The predicted molar refractivity (Wildman–Crippen MR) is 77.8 cm³/mol. The van der Waals surface area contributed by atoms with Crippen LogP contribution < -0.4 is 5.32 Å². The van der Waals surface area contributed by atoms with Crippen molar-refractivity contribution in [3.63, 3.8) is 0 Å². The fraction of sp³-hybridized carbons (Fsp3) is 0.214. The van der Waals surface area contributed by atoms with Crippen molar-refractivity contribution in [1.29, 1.82) is 0 Å². The molecule has 1 N–H and O–H groups in total. The number of carbonyl (C=O) groups is 1. The van der Waals surface area contributed by atoms with Gasteiger partial charge in [0.15, 0.2) is 0 Å². The first-order valence-electron chi connectivity index (χ1n) is 5.98. The monoisotopic (exact) mass is 313 g/mol. The Labute approximate surface area is 124 Å². The van der Waals surface area contributed by atoms with Gasteiger partial charge < -0.3 is 5.32 Å². The Morgan fingerprint density at radius 3 is 2.90 bits per heavy atom. The smallest absolute Gasteiger partial charge is 0.233 e. The van der Waals surface area contributed by atoms with Gasteiger partial charge in [0, 0.05) is 9.77 Å². The maximum Gasteiger partial charge on any atom is 0.233 e. The average Bonchev–Trinajstić information content (AvgIpc) is 2.93. The molecule has 1 aromatic heterocycles. The molecule has 1 heterocycles. The molecule has 1 amide bonds. The normalized spacial score (nSPS) is 12.2. The van der Waals surface area contributed by atoms with Gasteiger partial charge in [-0.2, -0.15) is 0 Å². The Hall–Kier alpha value is -1.40. The standard InChI is InChI=1S/C14H13F2NOS2/c1-9(14(18)17-8-11-3-2-6-19-11)20-13-7-10(15)4-5-12(13)16/h2-7,9H,8H2,1H3,(H,17,18)/t9-/m1/s1. The molecule has 2 aromatic rings. The molecule has 1 atom stereocenters. The van der Waals surface area contributed by atoms with Crippen LogP contribution in [0.3, 0.4) is 0 Å². The largest absolute Gasteiger partial charge is 0.350 e. The Kier molecular flexibility index (Phi) is 5.14. The third-order valence-corrected chi connectivity index (χ3v) is 4.59. The minimum atomic E-state index is -0.519. The number of rotatable bonds is 5. The lowest BCUT2D eigenvalue weighted by Crippen LogP contribution is -2.30. The second-order valence-electron chi connectivity index (χ2n) is 4.13. The molecule has 6 heteroatoms. The summed E-state index contributed by atoms with van der Waals surface area (Å²) in [6, 6.07) is 7.05. The number of hydrogen-bond acceptors (Lipinski definition) is 3. The van der Waals surface area contributed by atoms with Crippen LogP contribution in [0.25, 0.3) is 0 Å². The SMILES string of the molecule is C[C@@H](Sc1cc(F)ccc1F)C(=O)NCc1cccs1. The van der Waals surface area contributed by atoms with Crippen LogP contribution in [-0.2, 0) is 11.3 Å². The fourth-order valence-electron chi connectivity index (χ4n) is 1.54. The molecule has 0 aliphatic carbocycles. The number of halogens is 2. The summed E-state index contributed by atoms with van der Waals surface area (Å²) in [6.07, 6.45) is 0. The van der Waals surface area contributed by atoms with Crippen molar-refractivity contribution in [2.75, 3.05) is 0 Å². The molecule has 0 bridgehead atoms. The van der Waals surface area contributed by atoms with Gasteiger partial charge in [0.05, 0.1) is 11.8 Å². The number of hydrogen-bond donors (Lipinski definition) is 1. The van der Waals surface area contributed by atoms with E-state index >= 15 is 0 Å². The third kappa shape index (κ3) is 4.05. The minimum Gasteiger partial charge on any atom is -0.350 e. The van der Waals surface area contributed by atoms with Crippen LogP contribution in [0.5, 0.6) is 0 Å². The summed E-state index contributed by atoms with van der Waals surface area (Å²) in [5.74, 6) is -1.23. The van der Waals surface area contributed by atoms with Crippen molar-refractivity contribution in [1.82, 2.24) is 5.32 Å². The number of thiophene rings is 1. The van der Waals surface area contributed by atoms with Crippen LogP contribution in [0.15, 0.2) is 40.6 Å². The predicted octanol–water partition coefficient (Wildman–Crippen LogP) is 3.82. The first kappa shape index (κ1) is 15.0. The minimum absolute atomic E-state index is 0.142. The Bertz CT molecular complexity index is 587. The molecular weight excluding hydrogens is 300 g/mol. The summed E-state index contributed by atoms with van der Waals surface area (Å²) < 4.78 is 26.5. The maximum atomic E-state index is 13.5. The van der Waals surface area contributed by atoms with Gasteiger partial charge in [-0.1, -0.05) is 6.07 Å². The molecule has 0 fully saturated rings. The number of nitrogens with one attached hydrogen (secondary N) is 1. The number of benzene rings is 1. The summed E-state index contributed by atoms with van der Waals surface area (Å²) in [7, 11) is 0. The van der Waals surface area contributed by atoms with E-state index in [1.54, 1.807) is 18.3 Å². The lowest BCUT2D eigenvalue weighted by atomic mass is 10.3. The van der Waals surface area contributed by atoms with E-state index in [1.165, 1.54) is 0 Å². The van der Waals surface area contributed by atoms with Crippen molar-refractivity contribution in [2.24, 2.45) is 0 Å². The first-order valence-corrected chi connectivity index (χ1v) is 7.74. The summed E-state index contributed by atoms with van der Waals surface area (Å²) in [4.78, 5) is 13.1. The van der Waals surface area contributed by atoms with Crippen molar-refractivity contribution < 1.29 is 13.6 Å². The van der Waals surface area contributed by atoms with Crippen LogP contribution in [0.4, 0.5) is 8.78 Å². The zero-order valence-corrected chi connectivity index (χ0v) is 12.4. The lowest BCUT2D eigenvalue weighted by Gasteiger charge is -2.12. The van der Waals surface area contributed by atoms with Crippen LogP contribution >= 0.6 is 23.1 Å². The van der Waals surface area contributed by atoms with Gasteiger partial charge in [-0.05, 0) is 36.6 Å². The molecule has 106 valence electrons. The Morgan fingerprint density at radius 2 is 2.20 bits per heavy atom. The number of carbonyl (C=O) groups excluding carboxylic acids is 1. The van der Waals surface area contributed by atoms with E-state index in [9.17, 15) is 13.6 Å². The molecule has 1 aromatic carbocycles. The second-order valence-corrected chi connectivity index (χ2v) is 6.55. The van der Waals surface area contributed by atoms with E-state index in [-0.39, 0.29) is 10.8 Å². The van der Waals surface area contributed by atoms with Crippen molar-refractivity contribution in [2.45, 2.75) is 23.6 Å². The van der Waals surface area contributed by atoms with Crippen molar-refractivity contribution >= 4 is 29.0 Å². The van der Waals surface area contributed by atoms with Crippen LogP contribution in [-0.4, -0.2) is 11.2 Å². The molecule has 2 rings (SSSR count). The molecule has 0 aliphatic heterocycles. The summed E-state index contributed by atoms with van der Waals surface area (Å²) in [5.41, 5.74) is 0. The van der Waals surface area contributed by atoms with Gasteiger partial charge in [-0.3, -0.25) is 4.79 Å². The van der Waals surface area contributed by atoms with Gasteiger partial charge in [-0.15, -0.1) is 23.1 Å². The first-order chi connectivity index (χ1) is 9.56. The highest BCUT2D eigenvalue weighted by Gasteiger charge is 2.16. The van der Waals surface area contributed by atoms with Gasteiger partial charge in [0.25, 0.3) is 0 Å². The third-order valence-electron chi connectivity index (χ3n) is 2.58. The van der Waals surface area contributed by atoms with Gasteiger partial charge in [0.2, 0.25) is 5.91 Å². The topological polar surface area (TPSA) is 29.1 Å². The van der Waals surface area contributed by atoms with Gasteiger partial charge in [-0.25, -0.2) is 8.78 Å². The number of thioether (sulfide) groups is 1. The molecule has 0 saturated carbocycles. The van der Waals surface area contributed by atoms with Crippen LogP contribution in [0.2, 0.25) is 0 Å². The highest BCUT2D eigenvalue weighted by molar-refractivity contribution is 8.00.